The van der Waals surface area contributed by atoms with Gasteiger partial charge >= 0.3 is 0 Å². The highest BCUT2D eigenvalue weighted by atomic mass is 79.9. The van der Waals surface area contributed by atoms with Crippen LogP contribution in [0, 0.1) is 5.92 Å². The Hall–Kier alpha value is -0.920. The van der Waals surface area contributed by atoms with E-state index in [1.165, 1.54) is 0 Å². The Morgan fingerprint density at radius 3 is 2.72 bits per heavy atom. The lowest BCUT2D eigenvalue weighted by atomic mass is 9.87. The summed E-state index contributed by atoms with van der Waals surface area (Å²) >= 11 is 3.42. The summed E-state index contributed by atoms with van der Waals surface area (Å²) in [4.78, 5) is 14.1. The zero-order valence-corrected chi connectivity index (χ0v) is 17.1. The van der Waals surface area contributed by atoms with Crippen LogP contribution in [0.3, 0.4) is 0 Å². The molecule has 1 saturated carbocycles. The summed E-state index contributed by atoms with van der Waals surface area (Å²) in [6.45, 7) is 4.54. The molecule has 1 amide bonds. The number of carbonyl (C=O) groups excluding carboxylic acids is 1. The maximum atomic E-state index is 13.0. The van der Waals surface area contributed by atoms with Gasteiger partial charge in [0.2, 0.25) is 15.9 Å². The Morgan fingerprint density at radius 2 is 2.04 bits per heavy atom. The summed E-state index contributed by atoms with van der Waals surface area (Å²) in [6.07, 6.45) is 5.32. The van der Waals surface area contributed by atoms with Crippen molar-refractivity contribution >= 4 is 37.5 Å². The summed E-state index contributed by atoms with van der Waals surface area (Å²) < 4.78 is 29.4. The van der Waals surface area contributed by atoms with E-state index in [1.54, 1.807) is 11.0 Å². The Kier molecular flexibility index (Phi) is 5.56. The number of rotatable bonds is 4. The fourth-order valence-electron chi connectivity index (χ4n) is 3.80. The number of hydrogen-bond donors (Lipinski definition) is 1. The largest absolute Gasteiger partial charge is 0.312 e. The van der Waals surface area contributed by atoms with E-state index in [1.807, 2.05) is 13.0 Å². The van der Waals surface area contributed by atoms with Gasteiger partial charge in [0.1, 0.15) is 0 Å². The predicted octanol–water partition coefficient (Wildman–Crippen LogP) is 3.61. The van der Waals surface area contributed by atoms with Gasteiger partial charge in [-0.3, -0.25) is 4.79 Å². The standard InChI is InChI=1S/C18H25BrN2O3S/c1-3-18(22)21-9-8-13-10-14(19)17(11-16(13)21)25(23,24)20-15-7-5-4-6-12(15)2/h10-12,15,20H,3-9H2,1-2H3/t12-,15+/m0/s1. The number of benzene rings is 1. The van der Waals surface area contributed by atoms with Crippen molar-refractivity contribution in [1.82, 2.24) is 4.72 Å². The van der Waals surface area contributed by atoms with Gasteiger partial charge in [0, 0.05) is 29.2 Å². The first kappa shape index (κ1) is 18.9. The predicted molar refractivity (Wildman–Crippen MR) is 102 cm³/mol. The zero-order chi connectivity index (χ0) is 18.2. The highest BCUT2D eigenvalue weighted by Crippen LogP contribution is 2.36. The van der Waals surface area contributed by atoms with Crippen molar-refractivity contribution in [3.05, 3.63) is 22.2 Å². The Labute approximate surface area is 158 Å². The number of hydrogen-bond acceptors (Lipinski definition) is 3. The molecule has 1 aromatic carbocycles. The van der Waals surface area contributed by atoms with Crippen molar-refractivity contribution in [2.24, 2.45) is 5.92 Å². The van der Waals surface area contributed by atoms with E-state index in [0.717, 1.165) is 43.4 Å². The molecule has 0 saturated heterocycles. The normalized spacial score (nSPS) is 23.6. The van der Waals surface area contributed by atoms with Crippen LogP contribution in [0.2, 0.25) is 0 Å². The number of anilines is 1. The van der Waals surface area contributed by atoms with Crippen molar-refractivity contribution in [3.63, 3.8) is 0 Å². The molecule has 0 aromatic heterocycles. The van der Waals surface area contributed by atoms with Crippen LogP contribution in [-0.4, -0.2) is 26.9 Å². The van der Waals surface area contributed by atoms with Gasteiger partial charge in [-0.1, -0.05) is 26.7 Å². The molecular weight excluding hydrogens is 404 g/mol. The van der Waals surface area contributed by atoms with E-state index >= 15 is 0 Å². The average Bonchev–Trinajstić information content (AvgIpc) is 2.98. The summed E-state index contributed by atoms with van der Waals surface area (Å²) in [5.41, 5.74) is 1.74. The second-order valence-corrected chi connectivity index (χ2v) is 9.59. The first-order valence-corrected chi connectivity index (χ1v) is 11.3. The fraction of sp³-hybridized carbons (Fsp3) is 0.611. The summed E-state index contributed by atoms with van der Waals surface area (Å²) in [5, 5.41) is 0. The SMILES string of the molecule is CCC(=O)N1CCc2cc(Br)c(S(=O)(=O)N[C@@H]3CCCC[C@@H]3C)cc21. The molecule has 0 bridgehead atoms. The topological polar surface area (TPSA) is 66.5 Å². The van der Waals surface area contributed by atoms with E-state index in [2.05, 4.69) is 27.6 Å². The van der Waals surface area contributed by atoms with E-state index in [9.17, 15) is 13.2 Å². The van der Waals surface area contributed by atoms with Gasteiger partial charge < -0.3 is 4.90 Å². The molecule has 2 aliphatic rings. The highest BCUT2D eigenvalue weighted by Gasteiger charge is 2.31. The van der Waals surface area contributed by atoms with Gasteiger partial charge in [-0.2, -0.15) is 0 Å². The molecule has 1 aromatic rings. The third-order valence-electron chi connectivity index (χ3n) is 5.34. The summed E-state index contributed by atoms with van der Waals surface area (Å²) in [6, 6.07) is 3.47. The molecule has 1 aliphatic carbocycles. The first-order chi connectivity index (χ1) is 11.8. The second kappa shape index (κ2) is 7.37. The molecule has 0 spiro atoms. The fourth-order valence-corrected chi connectivity index (χ4v) is 6.29. The zero-order valence-electron chi connectivity index (χ0n) is 14.7. The van der Waals surface area contributed by atoms with Gasteiger partial charge in [-0.25, -0.2) is 13.1 Å². The van der Waals surface area contributed by atoms with Crippen LogP contribution in [0.25, 0.3) is 0 Å². The maximum Gasteiger partial charge on any atom is 0.242 e. The van der Waals surface area contributed by atoms with Gasteiger partial charge in [-0.05, 0) is 58.8 Å². The Bertz CT molecular complexity index is 779. The molecular formula is C18H25BrN2O3S. The molecule has 3 rings (SSSR count). The molecule has 0 unspecified atom stereocenters. The molecule has 2 atom stereocenters. The summed E-state index contributed by atoms with van der Waals surface area (Å²) in [5.74, 6) is 0.369. The van der Waals surface area contributed by atoms with Crippen LogP contribution < -0.4 is 9.62 Å². The van der Waals surface area contributed by atoms with Crippen LogP contribution in [-0.2, 0) is 21.2 Å². The third kappa shape index (κ3) is 3.78. The summed E-state index contributed by atoms with van der Waals surface area (Å²) in [7, 11) is -3.64. The minimum atomic E-state index is -3.64. The number of fused-ring (bicyclic) bond motifs is 1. The molecule has 0 radical (unpaired) electrons. The highest BCUT2D eigenvalue weighted by molar-refractivity contribution is 9.10. The molecule has 7 heteroatoms. The second-order valence-electron chi connectivity index (χ2n) is 7.05. The number of sulfonamides is 1. The van der Waals surface area contributed by atoms with Crippen LogP contribution in [0.4, 0.5) is 5.69 Å². The minimum Gasteiger partial charge on any atom is -0.312 e. The van der Waals surface area contributed by atoms with Crippen LogP contribution in [0.1, 0.15) is 51.5 Å². The number of carbonyl (C=O) groups is 1. The minimum absolute atomic E-state index is 0.0210. The lowest BCUT2D eigenvalue weighted by molar-refractivity contribution is -0.118. The molecule has 1 aliphatic heterocycles. The molecule has 5 nitrogen and oxygen atoms in total. The van der Waals surface area contributed by atoms with Crippen molar-refractivity contribution in [3.8, 4) is 0 Å². The van der Waals surface area contributed by atoms with Crippen molar-refractivity contribution < 1.29 is 13.2 Å². The molecule has 138 valence electrons. The van der Waals surface area contributed by atoms with Crippen LogP contribution in [0.5, 0.6) is 0 Å². The van der Waals surface area contributed by atoms with E-state index < -0.39 is 10.0 Å². The van der Waals surface area contributed by atoms with Crippen molar-refractivity contribution in [2.75, 3.05) is 11.4 Å². The Morgan fingerprint density at radius 1 is 1.32 bits per heavy atom. The number of halogens is 1. The van der Waals surface area contributed by atoms with Crippen molar-refractivity contribution in [1.29, 1.82) is 0 Å². The molecule has 25 heavy (non-hydrogen) atoms. The first-order valence-electron chi connectivity index (χ1n) is 8.98. The van der Waals surface area contributed by atoms with Gasteiger partial charge in [0.15, 0.2) is 0 Å². The molecule has 1 heterocycles. The molecule has 1 fully saturated rings. The average molecular weight is 429 g/mol. The third-order valence-corrected chi connectivity index (χ3v) is 7.79. The number of nitrogens with one attached hydrogen (secondary N) is 1. The molecule has 1 N–H and O–H groups in total. The number of amides is 1. The lowest BCUT2D eigenvalue weighted by Gasteiger charge is -2.29. The van der Waals surface area contributed by atoms with E-state index in [0.29, 0.717) is 23.4 Å². The maximum absolute atomic E-state index is 13.0. The van der Waals surface area contributed by atoms with Crippen LogP contribution in [0.15, 0.2) is 21.5 Å². The number of nitrogens with zero attached hydrogens (tertiary/aromatic N) is 1. The van der Waals surface area contributed by atoms with Crippen LogP contribution >= 0.6 is 15.9 Å². The lowest BCUT2D eigenvalue weighted by Crippen LogP contribution is -2.41. The van der Waals surface area contributed by atoms with Crippen molar-refractivity contribution in [2.45, 2.75) is 63.3 Å². The quantitative estimate of drug-likeness (QED) is 0.796. The smallest absolute Gasteiger partial charge is 0.242 e. The van der Waals surface area contributed by atoms with E-state index in [4.69, 9.17) is 0 Å². The van der Waals surface area contributed by atoms with Gasteiger partial charge in [0.25, 0.3) is 0 Å². The monoisotopic (exact) mass is 428 g/mol. The Balaban J connectivity index is 1.92. The van der Waals surface area contributed by atoms with Gasteiger partial charge in [-0.15, -0.1) is 0 Å². The van der Waals surface area contributed by atoms with Gasteiger partial charge in [0.05, 0.1) is 4.90 Å². The van der Waals surface area contributed by atoms with E-state index in [-0.39, 0.29) is 16.8 Å².